The number of rotatable bonds is 3. The first-order chi connectivity index (χ1) is 8.95. The van der Waals surface area contributed by atoms with E-state index in [9.17, 15) is 4.79 Å². The molecule has 2 rings (SSSR count). The Labute approximate surface area is 123 Å². The number of carbonyl (C=O) groups is 1. The molecule has 2 atom stereocenters. The molecular weight excluding hydrogens is 280 g/mol. The Balaban J connectivity index is 1.99. The number of likely N-dealkylation sites (tertiary alicyclic amines) is 1. The molecule has 2 unspecified atom stereocenters. The number of halogens is 1. The van der Waals surface area contributed by atoms with Crippen LogP contribution < -0.4 is 5.73 Å². The maximum atomic E-state index is 12.1. The van der Waals surface area contributed by atoms with Gasteiger partial charge in [0.1, 0.15) is 0 Å². The molecule has 0 spiro atoms. The van der Waals surface area contributed by atoms with Crippen molar-refractivity contribution in [3.8, 4) is 0 Å². The Kier molecular flexibility index (Phi) is 4.87. The highest BCUT2D eigenvalue weighted by Gasteiger charge is 2.29. The average molecular weight is 301 g/mol. The van der Waals surface area contributed by atoms with Crippen molar-refractivity contribution in [1.29, 1.82) is 0 Å². The summed E-state index contributed by atoms with van der Waals surface area (Å²) in [6.07, 6.45) is 1.94. The predicted octanol–water partition coefficient (Wildman–Crippen LogP) is 2.78. The molecule has 1 amide bonds. The molecule has 2 heterocycles. The first-order valence-corrected chi connectivity index (χ1v) is 7.98. The van der Waals surface area contributed by atoms with E-state index in [1.54, 1.807) is 11.3 Å². The van der Waals surface area contributed by atoms with Crippen molar-refractivity contribution in [2.45, 2.75) is 32.7 Å². The molecule has 0 saturated carbocycles. The summed E-state index contributed by atoms with van der Waals surface area (Å²) in [6.45, 7) is 5.39. The maximum Gasteiger partial charge on any atom is 0.225 e. The molecule has 19 heavy (non-hydrogen) atoms. The normalized spacial score (nSPS) is 23.9. The van der Waals surface area contributed by atoms with Crippen molar-refractivity contribution < 1.29 is 4.79 Å². The average Bonchev–Trinajstić information content (AvgIpc) is 2.72. The lowest BCUT2D eigenvalue weighted by Gasteiger charge is -2.37. The van der Waals surface area contributed by atoms with Crippen molar-refractivity contribution in [2.24, 2.45) is 17.6 Å². The number of hydrogen-bond acceptors (Lipinski definition) is 3. The van der Waals surface area contributed by atoms with E-state index in [0.29, 0.717) is 12.5 Å². The first kappa shape index (κ1) is 14.8. The van der Waals surface area contributed by atoms with Crippen molar-refractivity contribution >= 4 is 28.8 Å². The molecule has 1 aliphatic heterocycles. The predicted molar refractivity (Wildman–Crippen MR) is 80.5 cm³/mol. The summed E-state index contributed by atoms with van der Waals surface area (Å²) < 4.78 is 0.824. The lowest BCUT2D eigenvalue weighted by Crippen LogP contribution is -2.51. The summed E-state index contributed by atoms with van der Waals surface area (Å²) in [5.74, 6) is 0.696. The fourth-order valence-corrected chi connectivity index (χ4v) is 3.65. The molecular formula is C14H21ClN2OS. The van der Waals surface area contributed by atoms with E-state index >= 15 is 0 Å². The number of hydrogen-bond donors (Lipinski definition) is 1. The summed E-state index contributed by atoms with van der Waals surface area (Å²) in [7, 11) is 0. The monoisotopic (exact) mass is 300 g/mol. The van der Waals surface area contributed by atoms with Gasteiger partial charge in [-0.1, -0.05) is 25.4 Å². The molecule has 5 heteroatoms. The Morgan fingerprint density at radius 3 is 2.89 bits per heavy atom. The molecule has 1 aromatic heterocycles. The Morgan fingerprint density at radius 1 is 1.58 bits per heavy atom. The molecule has 0 aliphatic carbocycles. The number of carbonyl (C=O) groups excluding carboxylic acids is 1. The Hall–Kier alpha value is -0.580. The van der Waals surface area contributed by atoms with Crippen LogP contribution in [-0.4, -0.2) is 29.9 Å². The zero-order valence-electron chi connectivity index (χ0n) is 11.4. The number of nitrogens with zero attached hydrogens (tertiary/aromatic N) is 1. The van der Waals surface area contributed by atoms with Crippen LogP contribution in [-0.2, 0) is 11.2 Å². The first-order valence-electron chi connectivity index (χ1n) is 6.73. The van der Waals surface area contributed by atoms with E-state index in [0.717, 1.165) is 23.7 Å². The molecule has 0 bridgehead atoms. The molecule has 3 nitrogen and oxygen atoms in total. The van der Waals surface area contributed by atoms with Gasteiger partial charge in [0.05, 0.1) is 4.34 Å². The van der Waals surface area contributed by atoms with Crippen LogP contribution in [0.5, 0.6) is 0 Å². The number of thiophene rings is 1. The summed E-state index contributed by atoms with van der Waals surface area (Å²) in [6, 6.07) is 2.11. The van der Waals surface area contributed by atoms with Gasteiger partial charge in [0.2, 0.25) is 5.91 Å². The van der Waals surface area contributed by atoms with Gasteiger partial charge in [-0.15, -0.1) is 11.3 Å². The van der Waals surface area contributed by atoms with E-state index in [4.69, 9.17) is 17.3 Å². The van der Waals surface area contributed by atoms with Crippen LogP contribution in [0, 0.1) is 11.8 Å². The van der Waals surface area contributed by atoms with Gasteiger partial charge in [-0.25, -0.2) is 0 Å². The van der Waals surface area contributed by atoms with Crippen LogP contribution in [0.4, 0.5) is 0 Å². The lowest BCUT2D eigenvalue weighted by molar-refractivity contribution is -0.136. The van der Waals surface area contributed by atoms with Gasteiger partial charge in [-0.3, -0.25) is 4.79 Å². The molecule has 1 aromatic rings. The van der Waals surface area contributed by atoms with E-state index in [2.05, 4.69) is 5.38 Å². The molecule has 1 aliphatic rings. The van der Waals surface area contributed by atoms with Crippen LogP contribution in [0.1, 0.15) is 25.8 Å². The minimum atomic E-state index is 0.0431. The van der Waals surface area contributed by atoms with Crippen molar-refractivity contribution in [1.82, 2.24) is 4.90 Å². The maximum absolute atomic E-state index is 12.1. The molecule has 2 N–H and O–H groups in total. The second-order valence-electron chi connectivity index (χ2n) is 5.72. The van der Waals surface area contributed by atoms with Crippen molar-refractivity contribution in [3.63, 3.8) is 0 Å². The van der Waals surface area contributed by atoms with Gasteiger partial charge in [0, 0.05) is 25.0 Å². The van der Waals surface area contributed by atoms with E-state index in [1.807, 2.05) is 24.8 Å². The third kappa shape index (κ3) is 3.94. The summed E-state index contributed by atoms with van der Waals surface area (Å²) in [4.78, 5) is 14.0. The number of amides is 1. The SMILES string of the molecule is CC(C)C(=O)N1CC(N)CC(Cc2csc(Cl)c2)C1. The zero-order valence-corrected chi connectivity index (χ0v) is 13.0. The van der Waals surface area contributed by atoms with E-state index in [1.165, 1.54) is 5.56 Å². The van der Waals surface area contributed by atoms with Gasteiger partial charge in [-0.2, -0.15) is 0 Å². The highest BCUT2D eigenvalue weighted by molar-refractivity contribution is 7.14. The van der Waals surface area contributed by atoms with Crippen molar-refractivity contribution in [2.75, 3.05) is 13.1 Å². The van der Waals surface area contributed by atoms with Crippen LogP contribution in [0.15, 0.2) is 11.4 Å². The lowest BCUT2D eigenvalue weighted by atomic mass is 9.89. The standard InChI is InChI=1S/C14H21ClN2OS/c1-9(2)14(18)17-6-10(4-12(16)7-17)3-11-5-13(15)19-8-11/h5,8-10,12H,3-4,6-7,16H2,1-2H3. The third-order valence-electron chi connectivity index (χ3n) is 3.52. The van der Waals surface area contributed by atoms with Crippen LogP contribution in [0.25, 0.3) is 0 Å². The Morgan fingerprint density at radius 2 is 2.32 bits per heavy atom. The number of nitrogens with two attached hydrogens (primary N) is 1. The molecule has 1 fully saturated rings. The molecule has 1 saturated heterocycles. The van der Waals surface area contributed by atoms with Crippen molar-refractivity contribution in [3.05, 3.63) is 21.3 Å². The minimum Gasteiger partial charge on any atom is -0.341 e. The second-order valence-corrected chi connectivity index (χ2v) is 7.27. The van der Waals surface area contributed by atoms with Crippen LogP contribution in [0.3, 0.4) is 0 Å². The van der Waals surface area contributed by atoms with Gasteiger partial charge in [0.25, 0.3) is 0 Å². The highest BCUT2D eigenvalue weighted by Crippen LogP contribution is 2.26. The van der Waals surface area contributed by atoms with E-state index < -0.39 is 0 Å². The fourth-order valence-electron chi connectivity index (χ4n) is 2.73. The molecule has 0 radical (unpaired) electrons. The topological polar surface area (TPSA) is 46.3 Å². The van der Waals surface area contributed by atoms with Gasteiger partial charge < -0.3 is 10.6 Å². The number of piperidine rings is 1. The molecule has 0 aromatic carbocycles. The van der Waals surface area contributed by atoms with Gasteiger partial charge in [-0.05, 0) is 35.8 Å². The van der Waals surface area contributed by atoms with Crippen LogP contribution in [0.2, 0.25) is 4.34 Å². The summed E-state index contributed by atoms with van der Waals surface area (Å²) in [5, 5.41) is 2.09. The zero-order chi connectivity index (χ0) is 14.0. The van der Waals surface area contributed by atoms with Gasteiger partial charge in [0.15, 0.2) is 0 Å². The van der Waals surface area contributed by atoms with Gasteiger partial charge >= 0.3 is 0 Å². The summed E-state index contributed by atoms with van der Waals surface area (Å²) in [5.41, 5.74) is 7.35. The minimum absolute atomic E-state index is 0.0431. The third-order valence-corrected chi connectivity index (χ3v) is 4.66. The largest absolute Gasteiger partial charge is 0.341 e. The fraction of sp³-hybridized carbons (Fsp3) is 0.643. The van der Waals surface area contributed by atoms with Crippen LogP contribution >= 0.6 is 22.9 Å². The summed E-state index contributed by atoms with van der Waals surface area (Å²) >= 11 is 7.52. The quantitative estimate of drug-likeness (QED) is 0.933. The van der Waals surface area contributed by atoms with E-state index in [-0.39, 0.29) is 17.9 Å². The second kappa shape index (κ2) is 6.25. The molecule has 106 valence electrons. The highest BCUT2D eigenvalue weighted by atomic mass is 35.5. The Bertz CT molecular complexity index is 446. The smallest absolute Gasteiger partial charge is 0.225 e.